The van der Waals surface area contributed by atoms with E-state index in [0.29, 0.717) is 5.13 Å². The molecule has 2 N–H and O–H groups in total. The van der Waals surface area contributed by atoms with Gasteiger partial charge in [-0.2, -0.15) is 0 Å². The second-order valence-corrected chi connectivity index (χ2v) is 5.23. The van der Waals surface area contributed by atoms with E-state index in [1.54, 1.807) is 12.1 Å². The van der Waals surface area contributed by atoms with Crippen LogP contribution < -0.4 is 10.6 Å². The number of para-hydroxylation sites is 1. The third-order valence-corrected chi connectivity index (χ3v) is 3.45. The molecule has 0 aliphatic rings. The van der Waals surface area contributed by atoms with E-state index in [2.05, 4.69) is 27.8 Å². The predicted molar refractivity (Wildman–Crippen MR) is 77.6 cm³/mol. The summed E-state index contributed by atoms with van der Waals surface area (Å²) in [5.74, 6) is -0.483. The van der Waals surface area contributed by atoms with E-state index in [1.807, 2.05) is 0 Å². The lowest BCUT2D eigenvalue weighted by molar-refractivity contribution is 0.262. The molecule has 2 aromatic rings. The third kappa shape index (κ3) is 3.99. The minimum atomic E-state index is -0.534. The van der Waals surface area contributed by atoms with Gasteiger partial charge in [0, 0.05) is 6.42 Å². The van der Waals surface area contributed by atoms with Crippen molar-refractivity contribution >= 4 is 28.2 Å². The molecular weight excluding hydrogens is 279 g/mol. The highest BCUT2D eigenvalue weighted by molar-refractivity contribution is 7.15. The van der Waals surface area contributed by atoms with Gasteiger partial charge in [-0.15, -0.1) is 10.2 Å². The Morgan fingerprint density at radius 3 is 2.85 bits per heavy atom. The number of amides is 2. The summed E-state index contributed by atoms with van der Waals surface area (Å²) in [6, 6.07) is 5.44. The maximum Gasteiger partial charge on any atom is 0.325 e. The van der Waals surface area contributed by atoms with E-state index in [9.17, 15) is 9.18 Å². The highest BCUT2D eigenvalue weighted by Gasteiger charge is 2.09. The minimum absolute atomic E-state index is 0.126. The summed E-state index contributed by atoms with van der Waals surface area (Å²) < 4.78 is 13.4. The molecule has 0 unspecified atom stereocenters. The van der Waals surface area contributed by atoms with Gasteiger partial charge in [0.1, 0.15) is 10.8 Å². The lowest BCUT2D eigenvalue weighted by Crippen LogP contribution is -2.19. The summed E-state index contributed by atoms with van der Waals surface area (Å²) in [5.41, 5.74) is 0.126. The van der Waals surface area contributed by atoms with E-state index in [4.69, 9.17) is 0 Å². The van der Waals surface area contributed by atoms with Gasteiger partial charge in [-0.1, -0.05) is 36.8 Å². The second-order valence-electron chi connectivity index (χ2n) is 4.16. The molecule has 1 aromatic heterocycles. The average Bonchev–Trinajstić information content (AvgIpc) is 2.86. The van der Waals surface area contributed by atoms with Crippen molar-refractivity contribution in [3.05, 3.63) is 35.1 Å². The first-order valence-electron chi connectivity index (χ1n) is 6.34. The molecule has 20 heavy (non-hydrogen) atoms. The smallest absolute Gasteiger partial charge is 0.305 e. The number of aromatic nitrogens is 2. The van der Waals surface area contributed by atoms with Gasteiger partial charge in [0.15, 0.2) is 0 Å². The molecule has 2 rings (SSSR count). The average molecular weight is 294 g/mol. The van der Waals surface area contributed by atoms with Gasteiger partial charge in [-0.05, 0) is 18.6 Å². The lowest BCUT2D eigenvalue weighted by Gasteiger charge is -2.05. The van der Waals surface area contributed by atoms with Gasteiger partial charge >= 0.3 is 6.03 Å². The maximum atomic E-state index is 13.4. The van der Waals surface area contributed by atoms with Crippen LogP contribution in [0.15, 0.2) is 24.3 Å². The molecule has 0 fully saturated rings. The Morgan fingerprint density at radius 1 is 1.30 bits per heavy atom. The van der Waals surface area contributed by atoms with E-state index >= 15 is 0 Å². The number of hydrogen-bond acceptors (Lipinski definition) is 4. The van der Waals surface area contributed by atoms with Crippen LogP contribution in [0.2, 0.25) is 0 Å². The number of carbonyl (C=O) groups is 1. The number of rotatable bonds is 5. The molecule has 1 heterocycles. The Morgan fingerprint density at radius 2 is 2.10 bits per heavy atom. The Hall–Kier alpha value is -2.02. The molecule has 0 radical (unpaired) electrons. The quantitative estimate of drug-likeness (QED) is 0.884. The molecule has 0 bridgehead atoms. The molecule has 0 atom stereocenters. The third-order valence-electron chi connectivity index (χ3n) is 2.55. The summed E-state index contributed by atoms with van der Waals surface area (Å²) in [7, 11) is 0. The molecule has 7 heteroatoms. The fourth-order valence-corrected chi connectivity index (χ4v) is 2.32. The molecule has 5 nitrogen and oxygen atoms in total. The van der Waals surface area contributed by atoms with Crippen molar-refractivity contribution in [2.45, 2.75) is 26.2 Å². The molecule has 2 amide bonds. The molecular formula is C13H15FN4OS. The number of nitrogens with one attached hydrogen (secondary N) is 2. The summed E-state index contributed by atoms with van der Waals surface area (Å²) in [6.07, 6.45) is 2.97. The monoisotopic (exact) mass is 294 g/mol. The highest BCUT2D eigenvalue weighted by Crippen LogP contribution is 2.18. The van der Waals surface area contributed by atoms with Gasteiger partial charge in [0.25, 0.3) is 0 Å². The van der Waals surface area contributed by atoms with Crippen molar-refractivity contribution in [1.82, 2.24) is 10.2 Å². The number of unbranched alkanes of at least 4 members (excludes halogenated alkanes) is 1. The topological polar surface area (TPSA) is 66.9 Å². The number of benzene rings is 1. The maximum absolute atomic E-state index is 13.4. The number of nitrogens with zero attached hydrogens (tertiary/aromatic N) is 2. The Bertz CT molecular complexity index is 587. The SMILES string of the molecule is CCCCc1nnc(NC(=O)Nc2ccccc2F)s1. The van der Waals surface area contributed by atoms with Crippen LogP contribution in [0.25, 0.3) is 0 Å². The normalized spacial score (nSPS) is 10.3. The molecule has 0 saturated carbocycles. The van der Waals surface area contributed by atoms with Crippen LogP contribution >= 0.6 is 11.3 Å². The van der Waals surface area contributed by atoms with Crippen molar-refractivity contribution < 1.29 is 9.18 Å². The summed E-state index contributed by atoms with van der Waals surface area (Å²) in [4.78, 5) is 11.7. The fraction of sp³-hybridized carbons (Fsp3) is 0.308. The van der Waals surface area contributed by atoms with Gasteiger partial charge in [-0.3, -0.25) is 5.32 Å². The standard InChI is InChI=1S/C13H15FN4OS/c1-2-3-8-11-17-18-13(20-11)16-12(19)15-10-7-5-4-6-9(10)14/h4-7H,2-3,8H2,1H3,(H2,15,16,18,19). The summed E-state index contributed by atoms with van der Waals surface area (Å²) >= 11 is 1.33. The van der Waals surface area contributed by atoms with Gasteiger partial charge in [0.2, 0.25) is 5.13 Å². The van der Waals surface area contributed by atoms with E-state index in [0.717, 1.165) is 24.3 Å². The van der Waals surface area contributed by atoms with Crippen LogP contribution in [-0.2, 0) is 6.42 Å². The van der Waals surface area contributed by atoms with E-state index < -0.39 is 11.8 Å². The van der Waals surface area contributed by atoms with Crippen molar-refractivity contribution in [2.75, 3.05) is 10.6 Å². The van der Waals surface area contributed by atoms with Crippen LogP contribution in [-0.4, -0.2) is 16.2 Å². The van der Waals surface area contributed by atoms with Crippen molar-refractivity contribution in [2.24, 2.45) is 0 Å². The number of halogens is 1. The molecule has 0 aliphatic carbocycles. The molecule has 106 valence electrons. The fourth-order valence-electron chi connectivity index (χ4n) is 1.55. The van der Waals surface area contributed by atoms with Crippen LogP contribution in [0.4, 0.5) is 20.0 Å². The zero-order chi connectivity index (χ0) is 14.4. The van der Waals surface area contributed by atoms with Crippen LogP contribution in [0.5, 0.6) is 0 Å². The van der Waals surface area contributed by atoms with Crippen LogP contribution in [0.3, 0.4) is 0 Å². The van der Waals surface area contributed by atoms with Crippen molar-refractivity contribution in [3.63, 3.8) is 0 Å². The first-order valence-corrected chi connectivity index (χ1v) is 7.15. The zero-order valence-corrected chi connectivity index (χ0v) is 11.8. The second kappa shape index (κ2) is 6.95. The number of hydrogen-bond donors (Lipinski definition) is 2. The number of aryl methyl sites for hydroxylation is 1. The first-order chi connectivity index (χ1) is 9.69. The highest BCUT2D eigenvalue weighted by atomic mass is 32.1. The number of carbonyl (C=O) groups excluding carboxylic acids is 1. The van der Waals surface area contributed by atoms with Crippen LogP contribution in [0.1, 0.15) is 24.8 Å². The molecule has 0 spiro atoms. The molecule has 1 aromatic carbocycles. The van der Waals surface area contributed by atoms with Crippen molar-refractivity contribution in [1.29, 1.82) is 0 Å². The van der Waals surface area contributed by atoms with E-state index in [-0.39, 0.29) is 5.69 Å². The molecule has 0 aliphatic heterocycles. The Balaban J connectivity index is 1.91. The van der Waals surface area contributed by atoms with E-state index in [1.165, 1.54) is 23.5 Å². The zero-order valence-electron chi connectivity index (χ0n) is 11.0. The minimum Gasteiger partial charge on any atom is -0.305 e. The number of anilines is 2. The summed E-state index contributed by atoms with van der Waals surface area (Å²) in [5, 5.41) is 14.1. The largest absolute Gasteiger partial charge is 0.325 e. The lowest BCUT2D eigenvalue weighted by atomic mass is 10.3. The first kappa shape index (κ1) is 14.4. The van der Waals surface area contributed by atoms with Crippen molar-refractivity contribution in [3.8, 4) is 0 Å². The number of urea groups is 1. The molecule has 0 saturated heterocycles. The van der Waals surface area contributed by atoms with Crippen LogP contribution in [0, 0.1) is 5.82 Å². The van der Waals surface area contributed by atoms with Gasteiger partial charge in [-0.25, -0.2) is 9.18 Å². The Kier molecular flexibility index (Phi) is 5.00. The Labute approximate surface area is 120 Å². The van der Waals surface area contributed by atoms with Gasteiger partial charge in [0.05, 0.1) is 5.69 Å². The summed E-state index contributed by atoms with van der Waals surface area (Å²) in [6.45, 7) is 2.10. The van der Waals surface area contributed by atoms with Gasteiger partial charge < -0.3 is 5.32 Å². The predicted octanol–water partition coefficient (Wildman–Crippen LogP) is 3.66.